The molecule has 1 amide bonds. The number of likely N-dealkylation sites (tertiary alicyclic amines) is 1. The molecule has 110 valence electrons. The molecule has 1 heterocycles. The van der Waals surface area contributed by atoms with Crippen molar-refractivity contribution in [3.63, 3.8) is 0 Å². The first-order valence-electron chi connectivity index (χ1n) is 6.89. The molecule has 2 rings (SSSR count). The van der Waals surface area contributed by atoms with Crippen molar-refractivity contribution in [2.75, 3.05) is 26.8 Å². The van der Waals surface area contributed by atoms with Crippen LogP contribution in [0.2, 0.25) is 0 Å². The normalized spacial score (nSPS) is 18.9. The molecule has 0 saturated carbocycles. The van der Waals surface area contributed by atoms with Gasteiger partial charge in [-0.25, -0.2) is 4.39 Å². The second-order valence-corrected chi connectivity index (χ2v) is 5.12. The topological polar surface area (TPSA) is 49.8 Å². The number of carbonyl (C=O) groups is 1. The number of aliphatic hydroxyl groups is 1. The van der Waals surface area contributed by atoms with E-state index in [1.165, 1.54) is 25.3 Å². The first-order valence-corrected chi connectivity index (χ1v) is 6.89. The Hall–Kier alpha value is -1.62. The van der Waals surface area contributed by atoms with E-state index in [1.54, 1.807) is 4.90 Å². The number of amides is 1. The zero-order valence-corrected chi connectivity index (χ0v) is 11.6. The number of ether oxygens (including phenoxy) is 1. The fourth-order valence-corrected chi connectivity index (χ4v) is 2.64. The molecular formula is C15H20FNO3. The molecule has 1 atom stereocenters. The Kier molecular flexibility index (Phi) is 4.95. The quantitative estimate of drug-likeness (QED) is 0.919. The van der Waals surface area contributed by atoms with Crippen molar-refractivity contribution >= 4 is 5.91 Å². The van der Waals surface area contributed by atoms with E-state index in [-0.39, 0.29) is 18.3 Å². The highest BCUT2D eigenvalue weighted by Gasteiger charge is 2.24. The second kappa shape index (κ2) is 6.70. The highest BCUT2D eigenvalue weighted by Crippen LogP contribution is 2.23. The van der Waals surface area contributed by atoms with E-state index in [0.29, 0.717) is 24.6 Å². The van der Waals surface area contributed by atoms with Gasteiger partial charge in [0.25, 0.3) is 5.91 Å². The summed E-state index contributed by atoms with van der Waals surface area (Å²) in [6.07, 6.45) is 2.70. The predicted molar refractivity (Wildman–Crippen MR) is 73.3 cm³/mol. The maximum Gasteiger partial charge on any atom is 0.254 e. The molecule has 0 aliphatic carbocycles. The van der Waals surface area contributed by atoms with Crippen LogP contribution in [0.3, 0.4) is 0 Å². The summed E-state index contributed by atoms with van der Waals surface area (Å²) in [5.41, 5.74) is 0.438. The van der Waals surface area contributed by atoms with Gasteiger partial charge in [-0.1, -0.05) is 0 Å². The van der Waals surface area contributed by atoms with Crippen molar-refractivity contribution in [2.24, 2.45) is 5.92 Å². The van der Waals surface area contributed by atoms with Gasteiger partial charge < -0.3 is 14.7 Å². The van der Waals surface area contributed by atoms with Gasteiger partial charge in [-0.3, -0.25) is 4.79 Å². The molecule has 1 aromatic carbocycles. The molecule has 0 spiro atoms. The van der Waals surface area contributed by atoms with Gasteiger partial charge in [0.2, 0.25) is 0 Å². The number of carbonyl (C=O) groups excluding carboxylic acids is 1. The predicted octanol–water partition coefficient (Wildman–Crippen LogP) is 2.07. The Balaban J connectivity index is 2.10. The number of hydrogen-bond donors (Lipinski definition) is 1. The SMILES string of the molecule is COc1cc(C(=O)N2CCCC(CCO)C2)ccc1F. The molecule has 20 heavy (non-hydrogen) atoms. The number of rotatable bonds is 4. The zero-order chi connectivity index (χ0) is 14.5. The van der Waals surface area contributed by atoms with Crippen LogP contribution in [-0.2, 0) is 0 Å². The first-order chi connectivity index (χ1) is 9.65. The molecular weight excluding hydrogens is 261 g/mol. The number of aliphatic hydroxyl groups excluding tert-OH is 1. The number of methoxy groups -OCH3 is 1. The third-order valence-electron chi connectivity index (χ3n) is 3.74. The van der Waals surface area contributed by atoms with Crippen molar-refractivity contribution in [2.45, 2.75) is 19.3 Å². The monoisotopic (exact) mass is 281 g/mol. The molecule has 1 unspecified atom stereocenters. The van der Waals surface area contributed by atoms with E-state index in [1.807, 2.05) is 0 Å². The molecule has 0 radical (unpaired) electrons. The standard InChI is InChI=1S/C15H20FNO3/c1-20-14-9-12(4-5-13(14)16)15(19)17-7-2-3-11(10-17)6-8-18/h4-5,9,11,18H,2-3,6-8,10H2,1H3. The van der Waals surface area contributed by atoms with E-state index >= 15 is 0 Å². The van der Waals surface area contributed by atoms with Crippen molar-refractivity contribution < 1.29 is 19.0 Å². The van der Waals surface area contributed by atoms with Gasteiger partial charge in [0.1, 0.15) is 0 Å². The van der Waals surface area contributed by atoms with E-state index in [2.05, 4.69) is 0 Å². The minimum Gasteiger partial charge on any atom is -0.494 e. The third-order valence-corrected chi connectivity index (χ3v) is 3.74. The van der Waals surface area contributed by atoms with Crippen molar-refractivity contribution in [1.82, 2.24) is 4.90 Å². The summed E-state index contributed by atoms with van der Waals surface area (Å²) < 4.78 is 18.3. The molecule has 5 heteroatoms. The lowest BCUT2D eigenvalue weighted by molar-refractivity contribution is 0.0653. The van der Waals surface area contributed by atoms with E-state index in [9.17, 15) is 9.18 Å². The van der Waals surface area contributed by atoms with E-state index in [4.69, 9.17) is 9.84 Å². The van der Waals surface area contributed by atoms with Crippen LogP contribution in [0.4, 0.5) is 4.39 Å². The van der Waals surface area contributed by atoms with Crippen molar-refractivity contribution in [3.05, 3.63) is 29.6 Å². The molecule has 0 bridgehead atoms. The van der Waals surface area contributed by atoms with Gasteiger partial charge >= 0.3 is 0 Å². The lowest BCUT2D eigenvalue weighted by atomic mass is 9.94. The maximum absolute atomic E-state index is 13.4. The Morgan fingerprint density at radius 2 is 2.35 bits per heavy atom. The molecule has 1 aliphatic heterocycles. The van der Waals surface area contributed by atoms with Crippen LogP contribution in [0.1, 0.15) is 29.6 Å². The maximum atomic E-state index is 13.4. The molecule has 0 aromatic heterocycles. The van der Waals surface area contributed by atoms with Gasteiger partial charge in [-0.15, -0.1) is 0 Å². The van der Waals surface area contributed by atoms with E-state index in [0.717, 1.165) is 19.3 Å². The number of benzene rings is 1. The highest BCUT2D eigenvalue weighted by molar-refractivity contribution is 5.94. The Morgan fingerprint density at radius 3 is 3.05 bits per heavy atom. The van der Waals surface area contributed by atoms with Crippen LogP contribution in [0.25, 0.3) is 0 Å². The van der Waals surface area contributed by atoms with Crippen LogP contribution in [0.5, 0.6) is 5.75 Å². The molecule has 1 fully saturated rings. The van der Waals surface area contributed by atoms with Gasteiger partial charge in [0, 0.05) is 25.3 Å². The van der Waals surface area contributed by atoms with Crippen LogP contribution < -0.4 is 4.74 Å². The summed E-state index contributed by atoms with van der Waals surface area (Å²) in [6.45, 7) is 1.51. The van der Waals surface area contributed by atoms with Gasteiger partial charge in [0.15, 0.2) is 11.6 Å². The molecule has 1 N–H and O–H groups in total. The van der Waals surface area contributed by atoms with Crippen LogP contribution in [0, 0.1) is 11.7 Å². The summed E-state index contributed by atoms with van der Waals surface area (Å²) >= 11 is 0. The fourth-order valence-electron chi connectivity index (χ4n) is 2.64. The fraction of sp³-hybridized carbons (Fsp3) is 0.533. The minimum absolute atomic E-state index is 0.0831. The smallest absolute Gasteiger partial charge is 0.254 e. The summed E-state index contributed by atoms with van der Waals surface area (Å²) in [6, 6.07) is 4.17. The Bertz CT molecular complexity index is 476. The average Bonchev–Trinajstić information content (AvgIpc) is 2.48. The summed E-state index contributed by atoms with van der Waals surface area (Å²) in [4.78, 5) is 14.2. The van der Waals surface area contributed by atoms with Crippen molar-refractivity contribution in [1.29, 1.82) is 0 Å². The van der Waals surface area contributed by atoms with Gasteiger partial charge in [-0.05, 0) is 43.4 Å². The number of piperidine rings is 1. The molecule has 1 aromatic rings. The molecule has 1 aliphatic rings. The number of halogens is 1. The minimum atomic E-state index is -0.471. The zero-order valence-electron chi connectivity index (χ0n) is 11.6. The summed E-state index contributed by atoms with van der Waals surface area (Å²) in [7, 11) is 1.38. The van der Waals surface area contributed by atoms with E-state index < -0.39 is 5.82 Å². The van der Waals surface area contributed by atoms with Crippen LogP contribution >= 0.6 is 0 Å². The van der Waals surface area contributed by atoms with Crippen LogP contribution in [-0.4, -0.2) is 42.7 Å². The highest BCUT2D eigenvalue weighted by atomic mass is 19.1. The number of hydrogen-bond acceptors (Lipinski definition) is 3. The molecule has 1 saturated heterocycles. The molecule has 4 nitrogen and oxygen atoms in total. The Morgan fingerprint density at radius 1 is 1.55 bits per heavy atom. The lowest BCUT2D eigenvalue weighted by Crippen LogP contribution is -2.40. The average molecular weight is 281 g/mol. The Labute approximate surface area is 118 Å². The second-order valence-electron chi connectivity index (χ2n) is 5.12. The number of nitrogens with zero attached hydrogens (tertiary/aromatic N) is 1. The first kappa shape index (κ1) is 14.8. The third kappa shape index (κ3) is 3.28. The van der Waals surface area contributed by atoms with Gasteiger partial charge in [-0.2, -0.15) is 0 Å². The lowest BCUT2D eigenvalue weighted by Gasteiger charge is -2.32. The largest absolute Gasteiger partial charge is 0.494 e. The van der Waals surface area contributed by atoms with Crippen LogP contribution in [0.15, 0.2) is 18.2 Å². The summed E-state index contributed by atoms with van der Waals surface area (Å²) in [5.74, 6) is -0.147. The summed E-state index contributed by atoms with van der Waals surface area (Å²) in [5, 5.41) is 9.00. The van der Waals surface area contributed by atoms with Crippen molar-refractivity contribution in [3.8, 4) is 5.75 Å². The van der Waals surface area contributed by atoms with Gasteiger partial charge in [0.05, 0.1) is 7.11 Å².